The van der Waals surface area contributed by atoms with E-state index < -0.39 is 15.8 Å². The predicted molar refractivity (Wildman–Crippen MR) is 76.4 cm³/mol. The number of fused-ring (bicyclic) bond motifs is 1. The largest absolute Gasteiger partial charge is 0.269 e. The van der Waals surface area contributed by atoms with E-state index in [0.29, 0.717) is 0 Å². The van der Waals surface area contributed by atoms with Gasteiger partial charge in [-0.3, -0.25) is 0 Å². The van der Waals surface area contributed by atoms with Crippen molar-refractivity contribution < 1.29 is 12.8 Å². The van der Waals surface area contributed by atoms with Crippen molar-refractivity contribution in [1.82, 2.24) is 8.96 Å². The summed E-state index contributed by atoms with van der Waals surface area (Å²) in [6.45, 7) is 0. The fourth-order valence-electron chi connectivity index (χ4n) is 1.91. The second-order valence-corrected chi connectivity index (χ2v) is 6.76. The van der Waals surface area contributed by atoms with Gasteiger partial charge in [-0.1, -0.05) is 18.2 Å². The van der Waals surface area contributed by atoms with Gasteiger partial charge in [-0.25, -0.2) is 21.8 Å². The Balaban J connectivity index is 2.29. The molecule has 0 N–H and O–H groups in total. The molecule has 2 heterocycles. The molecule has 0 unspecified atom stereocenters. The first-order valence-corrected chi connectivity index (χ1v) is 7.87. The SMILES string of the molecule is O=S(=O)(c1ccccc1)n1ccc2c(F)c(Br)cnc21. The van der Waals surface area contributed by atoms with Crippen molar-refractivity contribution in [2.45, 2.75) is 4.90 Å². The van der Waals surface area contributed by atoms with E-state index in [2.05, 4.69) is 20.9 Å². The van der Waals surface area contributed by atoms with E-state index in [1.807, 2.05) is 0 Å². The molecule has 0 saturated carbocycles. The van der Waals surface area contributed by atoms with Crippen LogP contribution in [-0.4, -0.2) is 17.4 Å². The van der Waals surface area contributed by atoms with Crippen LogP contribution in [0.1, 0.15) is 0 Å². The molecule has 0 radical (unpaired) electrons. The van der Waals surface area contributed by atoms with Gasteiger partial charge in [0.25, 0.3) is 10.0 Å². The Bertz CT molecular complexity index is 891. The van der Waals surface area contributed by atoms with Crippen LogP contribution < -0.4 is 0 Å². The summed E-state index contributed by atoms with van der Waals surface area (Å²) in [4.78, 5) is 4.12. The summed E-state index contributed by atoms with van der Waals surface area (Å²) < 4.78 is 40.1. The summed E-state index contributed by atoms with van der Waals surface area (Å²) in [5.41, 5.74) is 0.0644. The Morgan fingerprint density at radius 2 is 1.85 bits per heavy atom. The van der Waals surface area contributed by atoms with Crippen LogP contribution in [0.2, 0.25) is 0 Å². The monoisotopic (exact) mass is 354 g/mol. The number of hydrogen-bond acceptors (Lipinski definition) is 3. The molecule has 0 aliphatic heterocycles. The molecule has 3 aromatic rings. The summed E-state index contributed by atoms with van der Waals surface area (Å²) in [5, 5.41) is 0.152. The molecular formula is C13H8BrFN2O2S. The number of halogens is 2. The third kappa shape index (κ3) is 1.94. The molecule has 0 spiro atoms. The molecule has 1 aromatic carbocycles. The lowest BCUT2D eigenvalue weighted by Gasteiger charge is -2.06. The minimum absolute atomic E-state index is 0.0644. The fourth-order valence-corrected chi connectivity index (χ4v) is 3.55. The second-order valence-electron chi connectivity index (χ2n) is 4.09. The van der Waals surface area contributed by atoms with Crippen LogP contribution in [0.25, 0.3) is 11.0 Å². The van der Waals surface area contributed by atoms with E-state index in [1.54, 1.807) is 18.2 Å². The lowest BCUT2D eigenvalue weighted by molar-refractivity contribution is 0.588. The smallest absolute Gasteiger partial charge is 0.236 e. The van der Waals surface area contributed by atoms with Gasteiger partial charge in [-0.15, -0.1) is 0 Å². The molecule has 102 valence electrons. The highest BCUT2D eigenvalue weighted by atomic mass is 79.9. The average molecular weight is 355 g/mol. The molecule has 0 bridgehead atoms. The number of hydrogen-bond donors (Lipinski definition) is 0. The first kappa shape index (κ1) is 13.3. The zero-order valence-corrected chi connectivity index (χ0v) is 12.4. The van der Waals surface area contributed by atoms with E-state index in [4.69, 9.17) is 0 Å². The molecule has 0 aliphatic carbocycles. The summed E-state index contributed by atoms with van der Waals surface area (Å²) in [5.74, 6) is -0.531. The summed E-state index contributed by atoms with van der Waals surface area (Å²) in [6.07, 6.45) is 2.55. The molecule has 0 saturated heterocycles. The van der Waals surface area contributed by atoms with Crippen LogP contribution in [0.3, 0.4) is 0 Å². The van der Waals surface area contributed by atoms with Crippen LogP contribution in [0.5, 0.6) is 0 Å². The second kappa shape index (κ2) is 4.68. The molecule has 7 heteroatoms. The van der Waals surface area contributed by atoms with Crippen LogP contribution in [0.15, 0.2) is 58.2 Å². The summed E-state index contributed by atoms with van der Waals surface area (Å²) >= 11 is 3.02. The Morgan fingerprint density at radius 3 is 2.55 bits per heavy atom. The van der Waals surface area contributed by atoms with E-state index in [-0.39, 0.29) is 20.4 Å². The van der Waals surface area contributed by atoms with Gasteiger partial charge in [0.05, 0.1) is 14.8 Å². The lowest BCUT2D eigenvalue weighted by Crippen LogP contribution is -2.12. The Morgan fingerprint density at radius 1 is 1.15 bits per heavy atom. The normalized spacial score (nSPS) is 11.9. The number of nitrogens with zero attached hydrogens (tertiary/aromatic N) is 2. The van der Waals surface area contributed by atoms with E-state index >= 15 is 0 Å². The molecule has 0 aliphatic rings. The van der Waals surface area contributed by atoms with E-state index in [0.717, 1.165) is 3.97 Å². The first-order valence-electron chi connectivity index (χ1n) is 5.63. The standard InChI is InChI=1S/C13H8BrFN2O2S/c14-11-8-16-13-10(12(11)15)6-7-17(13)20(18,19)9-4-2-1-3-5-9/h1-8H. The molecule has 4 nitrogen and oxygen atoms in total. The average Bonchev–Trinajstić information content (AvgIpc) is 2.89. The molecule has 0 amide bonds. The predicted octanol–water partition coefficient (Wildman–Crippen LogP) is 3.17. The highest BCUT2D eigenvalue weighted by Gasteiger charge is 2.21. The molecule has 0 fully saturated rings. The van der Waals surface area contributed by atoms with Gasteiger partial charge < -0.3 is 0 Å². The van der Waals surface area contributed by atoms with Gasteiger partial charge in [0, 0.05) is 12.4 Å². The number of aromatic nitrogens is 2. The van der Waals surface area contributed by atoms with E-state index in [9.17, 15) is 12.8 Å². The Labute approximate surface area is 123 Å². The van der Waals surface area contributed by atoms with Crippen molar-refractivity contribution in [1.29, 1.82) is 0 Å². The quantitative estimate of drug-likeness (QED) is 0.710. The maximum Gasteiger partial charge on any atom is 0.269 e. The van der Waals surface area contributed by atoms with Crippen molar-refractivity contribution in [2.75, 3.05) is 0 Å². The highest BCUT2D eigenvalue weighted by Crippen LogP contribution is 2.26. The lowest BCUT2D eigenvalue weighted by atomic mass is 10.3. The maximum atomic E-state index is 13.9. The van der Waals surface area contributed by atoms with Gasteiger partial charge in [0.15, 0.2) is 5.65 Å². The van der Waals surface area contributed by atoms with Crippen LogP contribution in [0, 0.1) is 5.82 Å². The fraction of sp³-hybridized carbons (Fsp3) is 0. The topological polar surface area (TPSA) is 52.0 Å². The summed E-state index contributed by atoms with van der Waals surface area (Å²) in [6, 6.07) is 9.34. The summed E-state index contributed by atoms with van der Waals surface area (Å²) in [7, 11) is -3.78. The van der Waals surface area contributed by atoms with Gasteiger partial charge >= 0.3 is 0 Å². The zero-order valence-electron chi connectivity index (χ0n) is 9.99. The van der Waals surface area contributed by atoms with Crippen LogP contribution in [-0.2, 0) is 10.0 Å². The van der Waals surface area contributed by atoms with E-state index in [1.165, 1.54) is 30.6 Å². The number of rotatable bonds is 2. The third-order valence-corrected chi connectivity index (χ3v) is 5.11. The van der Waals surface area contributed by atoms with Crippen molar-refractivity contribution in [3.8, 4) is 0 Å². The van der Waals surface area contributed by atoms with Crippen molar-refractivity contribution in [3.05, 3.63) is 59.1 Å². The molecular weight excluding hydrogens is 347 g/mol. The van der Waals surface area contributed by atoms with Gasteiger partial charge in [-0.2, -0.15) is 0 Å². The van der Waals surface area contributed by atoms with Crippen LogP contribution in [0.4, 0.5) is 4.39 Å². The van der Waals surface area contributed by atoms with Crippen molar-refractivity contribution in [2.24, 2.45) is 0 Å². The minimum Gasteiger partial charge on any atom is -0.236 e. The third-order valence-electron chi connectivity index (χ3n) is 2.87. The van der Waals surface area contributed by atoms with Gasteiger partial charge in [0.2, 0.25) is 0 Å². The van der Waals surface area contributed by atoms with Gasteiger partial charge in [-0.05, 0) is 34.1 Å². The molecule has 0 atom stereocenters. The van der Waals surface area contributed by atoms with Crippen molar-refractivity contribution >= 4 is 37.0 Å². The Hall–Kier alpha value is -1.73. The first-order chi connectivity index (χ1) is 9.51. The number of benzene rings is 1. The molecule has 2 aromatic heterocycles. The highest BCUT2D eigenvalue weighted by molar-refractivity contribution is 9.10. The minimum atomic E-state index is -3.78. The molecule has 20 heavy (non-hydrogen) atoms. The number of pyridine rings is 1. The van der Waals surface area contributed by atoms with Crippen LogP contribution >= 0.6 is 15.9 Å². The van der Waals surface area contributed by atoms with Crippen molar-refractivity contribution in [3.63, 3.8) is 0 Å². The molecule has 3 rings (SSSR count). The Kier molecular flexibility index (Phi) is 3.10. The zero-order chi connectivity index (χ0) is 14.3. The maximum absolute atomic E-state index is 13.9. The van der Waals surface area contributed by atoms with Gasteiger partial charge in [0.1, 0.15) is 5.82 Å².